The van der Waals surface area contributed by atoms with E-state index < -0.39 is 30.4 Å². The van der Waals surface area contributed by atoms with Crippen LogP contribution in [-0.4, -0.2) is 35.8 Å². The topological polar surface area (TPSA) is 55.0 Å². The number of alkyl halides is 6. The number of nitrogens with zero attached hydrogens (tertiary/aromatic N) is 3. The molecule has 20 heavy (non-hydrogen) atoms. The standard InChI is InChI=1S/C10H12F6N4/c1-20(7(3-17)2-9(11,12)13)8-18-4-6(5-19-8)10(14,15)16/h4-5,7H,2-3,17H2,1H3/t7-/m0/s1. The zero-order chi connectivity index (χ0) is 15.6. The zero-order valence-corrected chi connectivity index (χ0v) is 10.3. The first-order valence-electron chi connectivity index (χ1n) is 5.43. The van der Waals surface area contributed by atoms with Crippen molar-refractivity contribution in [3.05, 3.63) is 18.0 Å². The number of anilines is 1. The second-order valence-electron chi connectivity index (χ2n) is 4.09. The predicted molar refractivity (Wildman–Crippen MR) is 59.0 cm³/mol. The van der Waals surface area contributed by atoms with Gasteiger partial charge in [-0.15, -0.1) is 0 Å². The van der Waals surface area contributed by atoms with Crippen LogP contribution >= 0.6 is 0 Å². The van der Waals surface area contributed by atoms with Crippen molar-refractivity contribution in [1.29, 1.82) is 0 Å². The maximum atomic E-state index is 12.3. The maximum absolute atomic E-state index is 12.3. The third-order valence-corrected chi connectivity index (χ3v) is 2.57. The molecule has 1 aromatic rings. The van der Waals surface area contributed by atoms with Crippen LogP contribution in [0.4, 0.5) is 32.3 Å². The Labute approximate surface area is 110 Å². The van der Waals surface area contributed by atoms with E-state index in [1.54, 1.807) is 0 Å². The molecule has 0 amide bonds. The molecule has 1 rings (SSSR count). The summed E-state index contributed by atoms with van der Waals surface area (Å²) in [4.78, 5) is 7.84. The first-order chi connectivity index (χ1) is 9.04. The molecule has 0 fully saturated rings. The lowest BCUT2D eigenvalue weighted by Crippen LogP contribution is -2.42. The molecule has 0 aliphatic carbocycles. The molecule has 4 nitrogen and oxygen atoms in total. The summed E-state index contributed by atoms with van der Waals surface area (Å²) in [5.41, 5.74) is 4.17. The number of nitrogens with two attached hydrogens (primary N) is 1. The predicted octanol–water partition coefficient (Wildman–Crippen LogP) is 2.21. The van der Waals surface area contributed by atoms with Crippen LogP contribution in [0.15, 0.2) is 12.4 Å². The Morgan fingerprint density at radius 1 is 1.15 bits per heavy atom. The summed E-state index contributed by atoms with van der Waals surface area (Å²) in [7, 11) is 1.24. The van der Waals surface area contributed by atoms with Crippen LogP contribution in [0.2, 0.25) is 0 Å². The molecule has 0 bridgehead atoms. The number of aromatic nitrogens is 2. The normalized spacial score (nSPS) is 14.2. The Kier molecular flexibility index (Phi) is 4.79. The number of hydrogen-bond donors (Lipinski definition) is 1. The van der Waals surface area contributed by atoms with Gasteiger partial charge in [-0.05, 0) is 0 Å². The van der Waals surface area contributed by atoms with Gasteiger partial charge < -0.3 is 10.6 Å². The van der Waals surface area contributed by atoms with Gasteiger partial charge in [0.15, 0.2) is 0 Å². The number of likely N-dealkylation sites (N-methyl/N-ethyl adjacent to an activating group) is 1. The molecular formula is C10H12F6N4. The molecule has 0 saturated heterocycles. The van der Waals surface area contributed by atoms with Crippen molar-refractivity contribution in [2.75, 3.05) is 18.5 Å². The van der Waals surface area contributed by atoms with E-state index in [0.29, 0.717) is 12.4 Å². The van der Waals surface area contributed by atoms with E-state index >= 15 is 0 Å². The van der Waals surface area contributed by atoms with Crippen LogP contribution in [0.5, 0.6) is 0 Å². The average Bonchev–Trinajstić information content (AvgIpc) is 2.33. The maximum Gasteiger partial charge on any atom is 0.419 e. The quantitative estimate of drug-likeness (QED) is 0.867. The molecule has 2 N–H and O–H groups in total. The van der Waals surface area contributed by atoms with Crippen molar-refractivity contribution in [3.63, 3.8) is 0 Å². The highest BCUT2D eigenvalue weighted by Gasteiger charge is 2.35. The molecular weight excluding hydrogens is 290 g/mol. The largest absolute Gasteiger partial charge is 0.419 e. The highest BCUT2D eigenvalue weighted by molar-refractivity contribution is 5.31. The number of halogens is 6. The van der Waals surface area contributed by atoms with Crippen LogP contribution in [0.1, 0.15) is 12.0 Å². The van der Waals surface area contributed by atoms with Gasteiger partial charge in [0.2, 0.25) is 5.95 Å². The molecule has 0 aromatic carbocycles. The highest BCUT2D eigenvalue weighted by atomic mass is 19.4. The van der Waals surface area contributed by atoms with Crippen LogP contribution in [0, 0.1) is 0 Å². The monoisotopic (exact) mass is 302 g/mol. The van der Waals surface area contributed by atoms with Gasteiger partial charge in [0.1, 0.15) is 0 Å². The second kappa shape index (κ2) is 5.81. The van der Waals surface area contributed by atoms with E-state index in [1.165, 1.54) is 7.05 Å². The molecule has 0 radical (unpaired) electrons. The van der Waals surface area contributed by atoms with Crippen molar-refractivity contribution in [2.45, 2.75) is 24.8 Å². The minimum absolute atomic E-state index is 0.252. The second-order valence-corrected chi connectivity index (χ2v) is 4.09. The minimum atomic E-state index is -4.60. The van der Waals surface area contributed by atoms with Crippen LogP contribution in [0.25, 0.3) is 0 Å². The summed E-state index contributed by atoms with van der Waals surface area (Å²) in [5, 5.41) is 0. The molecule has 0 unspecified atom stereocenters. The smallest absolute Gasteiger partial charge is 0.339 e. The molecule has 114 valence electrons. The fourth-order valence-electron chi connectivity index (χ4n) is 1.46. The number of hydrogen-bond acceptors (Lipinski definition) is 4. The Bertz CT molecular complexity index is 427. The molecule has 0 aliphatic heterocycles. The van der Waals surface area contributed by atoms with Crippen molar-refractivity contribution in [1.82, 2.24) is 9.97 Å². The number of rotatable bonds is 4. The Balaban J connectivity index is 2.88. The van der Waals surface area contributed by atoms with Crippen LogP contribution < -0.4 is 10.6 Å². The van der Waals surface area contributed by atoms with E-state index in [4.69, 9.17) is 5.73 Å². The van der Waals surface area contributed by atoms with Gasteiger partial charge in [0, 0.05) is 26.0 Å². The summed E-state index contributed by atoms with van der Waals surface area (Å²) in [6.07, 6.45) is -9.22. The van der Waals surface area contributed by atoms with Gasteiger partial charge in [-0.2, -0.15) is 26.3 Å². The molecule has 0 spiro atoms. The van der Waals surface area contributed by atoms with Crippen LogP contribution in [-0.2, 0) is 6.18 Å². The van der Waals surface area contributed by atoms with Crippen molar-refractivity contribution in [2.24, 2.45) is 5.73 Å². The van der Waals surface area contributed by atoms with Gasteiger partial charge in [-0.25, -0.2) is 9.97 Å². The lowest BCUT2D eigenvalue weighted by Gasteiger charge is -2.27. The van der Waals surface area contributed by atoms with Gasteiger partial charge in [0.25, 0.3) is 0 Å². The first kappa shape index (κ1) is 16.5. The summed E-state index contributed by atoms with van der Waals surface area (Å²) in [6, 6.07) is -1.15. The summed E-state index contributed by atoms with van der Waals surface area (Å²) in [5.74, 6) is -0.252. The van der Waals surface area contributed by atoms with Gasteiger partial charge >= 0.3 is 12.4 Å². The fraction of sp³-hybridized carbons (Fsp3) is 0.600. The summed E-state index contributed by atoms with van der Waals surface area (Å²) >= 11 is 0. The van der Waals surface area contributed by atoms with Crippen LogP contribution in [0.3, 0.4) is 0 Å². The van der Waals surface area contributed by atoms with E-state index in [2.05, 4.69) is 9.97 Å². The summed E-state index contributed by atoms with van der Waals surface area (Å²) in [6.45, 7) is -0.333. The Morgan fingerprint density at radius 3 is 2.00 bits per heavy atom. The Hall–Kier alpha value is -1.58. The summed E-state index contributed by atoms with van der Waals surface area (Å²) < 4.78 is 73.9. The molecule has 1 atom stereocenters. The van der Waals surface area contributed by atoms with Crippen molar-refractivity contribution in [3.8, 4) is 0 Å². The van der Waals surface area contributed by atoms with E-state index in [-0.39, 0.29) is 12.5 Å². The van der Waals surface area contributed by atoms with E-state index in [1.807, 2.05) is 0 Å². The molecule has 0 saturated carbocycles. The van der Waals surface area contributed by atoms with E-state index in [9.17, 15) is 26.3 Å². The highest BCUT2D eigenvalue weighted by Crippen LogP contribution is 2.29. The third kappa shape index (κ3) is 4.51. The molecule has 1 heterocycles. The molecule has 0 aliphatic rings. The van der Waals surface area contributed by atoms with Gasteiger partial charge in [0.05, 0.1) is 18.0 Å². The minimum Gasteiger partial charge on any atom is -0.339 e. The average molecular weight is 302 g/mol. The van der Waals surface area contributed by atoms with E-state index in [0.717, 1.165) is 4.90 Å². The third-order valence-electron chi connectivity index (χ3n) is 2.57. The first-order valence-corrected chi connectivity index (χ1v) is 5.43. The lowest BCUT2D eigenvalue weighted by atomic mass is 10.2. The SMILES string of the molecule is CN(c1ncc(C(F)(F)F)cn1)[C@H](CN)CC(F)(F)F. The Morgan fingerprint density at radius 2 is 1.65 bits per heavy atom. The fourth-order valence-corrected chi connectivity index (χ4v) is 1.46. The molecule has 10 heteroatoms. The van der Waals surface area contributed by atoms with Gasteiger partial charge in [-0.1, -0.05) is 0 Å². The van der Waals surface area contributed by atoms with Gasteiger partial charge in [-0.3, -0.25) is 0 Å². The van der Waals surface area contributed by atoms with Crippen molar-refractivity contribution < 1.29 is 26.3 Å². The van der Waals surface area contributed by atoms with Crippen molar-refractivity contribution >= 4 is 5.95 Å². The molecule has 1 aromatic heterocycles. The zero-order valence-electron chi connectivity index (χ0n) is 10.3. The lowest BCUT2D eigenvalue weighted by molar-refractivity contribution is -0.138.